The van der Waals surface area contributed by atoms with Gasteiger partial charge in [-0.15, -0.1) is 0 Å². The maximum absolute atomic E-state index is 12.1. The number of para-hydroxylation sites is 1. The number of ether oxygens (including phenoxy) is 1. The zero-order valence-corrected chi connectivity index (χ0v) is 17.2. The molecule has 2 fully saturated rings. The standard InChI is InChI=1S/C22H26N2O3S/c1-23-16-7-8-17(23)14-24(13-16)20-12-15-11-18(28(2,25)26)9-10-21(15)27-22-6-4-3-5-19(20)22/h3-6,9-11,16-17,20H,7-8,12-14H2,1-2H3. The van der Waals surface area contributed by atoms with E-state index in [2.05, 4.69) is 29.0 Å². The first-order valence-electron chi connectivity index (χ1n) is 9.96. The first-order valence-corrected chi connectivity index (χ1v) is 11.8. The van der Waals surface area contributed by atoms with E-state index in [1.807, 2.05) is 12.1 Å². The number of hydrogen-bond acceptors (Lipinski definition) is 5. The molecular weight excluding hydrogens is 372 g/mol. The van der Waals surface area contributed by atoms with Crippen LogP contribution in [0.25, 0.3) is 0 Å². The van der Waals surface area contributed by atoms with Gasteiger partial charge in [0, 0.05) is 43.0 Å². The monoisotopic (exact) mass is 398 g/mol. The van der Waals surface area contributed by atoms with Gasteiger partial charge in [-0.25, -0.2) is 8.42 Å². The molecule has 6 heteroatoms. The van der Waals surface area contributed by atoms with Gasteiger partial charge in [0.25, 0.3) is 0 Å². The lowest BCUT2D eigenvalue weighted by molar-refractivity contribution is 0.0573. The second-order valence-corrected chi connectivity index (χ2v) is 10.4. The molecule has 0 N–H and O–H groups in total. The van der Waals surface area contributed by atoms with Crippen molar-refractivity contribution in [3.63, 3.8) is 0 Å². The lowest BCUT2D eigenvalue weighted by Gasteiger charge is -2.42. The fourth-order valence-electron chi connectivity index (χ4n) is 5.06. The van der Waals surface area contributed by atoms with E-state index in [0.717, 1.165) is 36.6 Å². The van der Waals surface area contributed by atoms with Crippen LogP contribution in [0.1, 0.15) is 30.0 Å². The second-order valence-electron chi connectivity index (χ2n) is 8.41. The van der Waals surface area contributed by atoms with E-state index in [4.69, 9.17) is 4.74 Å². The van der Waals surface area contributed by atoms with Crippen LogP contribution in [-0.4, -0.2) is 56.7 Å². The average Bonchev–Trinajstić information content (AvgIpc) is 2.86. The van der Waals surface area contributed by atoms with Gasteiger partial charge in [-0.3, -0.25) is 9.80 Å². The van der Waals surface area contributed by atoms with Gasteiger partial charge in [0.15, 0.2) is 9.84 Å². The Balaban J connectivity index is 1.57. The molecule has 5 rings (SSSR count). The summed E-state index contributed by atoms with van der Waals surface area (Å²) in [5, 5.41) is 0. The minimum absolute atomic E-state index is 0.198. The minimum atomic E-state index is -3.25. The molecule has 0 radical (unpaired) electrons. The molecule has 2 saturated heterocycles. The highest BCUT2D eigenvalue weighted by Gasteiger charge is 2.41. The number of benzene rings is 2. The Hall–Kier alpha value is -1.89. The number of likely N-dealkylation sites (tertiary alicyclic amines) is 1. The number of nitrogens with zero attached hydrogens (tertiary/aromatic N) is 2. The molecular formula is C22H26N2O3S. The summed E-state index contributed by atoms with van der Waals surface area (Å²) in [5.74, 6) is 1.64. The summed E-state index contributed by atoms with van der Waals surface area (Å²) in [5.41, 5.74) is 2.17. The Labute approximate surface area is 166 Å². The molecule has 2 bridgehead atoms. The van der Waals surface area contributed by atoms with E-state index < -0.39 is 9.84 Å². The number of fused-ring (bicyclic) bond motifs is 4. The summed E-state index contributed by atoms with van der Waals surface area (Å²) < 4.78 is 30.4. The molecule has 148 valence electrons. The zero-order chi connectivity index (χ0) is 19.5. The van der Waals surface area contributed by atoms with Gasteiger partial charge < -0.3 is 4.74 Å². The largest absolute Gasteiger partial charge is 0.457 e. The molecule has 3 unspecified atom stereocenters. The van der Waals surface area contributed by atoms with E-state index in [-0.39, 0.29) is 6.04 Å². The van der Waals surface area contributed by atoms with Crippen molar-refractivity contribution in [1.82, 2.24) is 9.80 Å². The van der Waals surface area contributed by atoms with Crippen LogP contribution in [0.15, 0.2) is 47.4 Å². The predicted molar refractivity (Wildman–Crippen MR) is 109 cm³/mol. The molecule has 3 heterocycles. The fraction of sp³-hybridized carbons (Fsp3) is 0.455. The van der Waals surface area contributed by atoms with E-state index >= 15 is 0 Å². The first-order chi connectivity index (χ1) is 13.4. The average molecular weight is 399 g/mol. The smallest absolute Gasteiger partial charge is 0.175 e. The van der Waals surface area contributed by atoms with Gasteiger partial charge in [-0.05, 0) is 56.1 Å². The van der Waals surface area contributed by atoms with Crippen molar-refractivity contribution in [1.29, 1.82) is 0 Å². The van der Waals surface area contributed by atoms with E-state index in [0.29, 0.717) is 17.0 Å². The minimum Gasteiger partial charge on any atom is -0.457 e. The van der Waals surface area contributed by atoms with Crippen LogP contribution in [0.2, 0.25) is 0 Å². The van der Waals surface area contributed by atoms with Crippen molar-refractivity contribution in [2.24, 2.45) is 0 Å². The van der Waals surface area contributed by atoms with Crippen molar-refractivity contribution in [3.05, 3.63) is 53.6 Å². The number of likely N-dealkylation sites (N-methyl/N-ethyl adjacent to an activating group) is 1. The third-order valence-electron chi connectivity index (χ3n) is 6.69. The summed E-state index contributed by atoms with van der Waals surface area (Å²) in [6.07, 6.45) is 4.55. The molecule has 0 spiro atoms. The van der Waals surface area contributed by atoms with Crippen molar-refractivity contribution in [2.75, 3.05) is 26.4 Å². The number of hydrogen-bond donors (Lipinski definition) is 0. The van der Waals surface area contributed by atoms with Crippen LogP contribution in [0.3, 0.4) is 0 Å². The molecule has 3 aliphatic heterocycles. The van der Waals surface area contributed by atoms with Crippen molar-refractivity contribution < 1.29 is 13.2 Å². The topological polar surface area (TPSA) is 49.9 Å². The van der Waals surface area contributed by atoms with Gasteiger partial charge in [0.1, 0.15) is 11.5 Å². The van der Waals surface area contributed by atoms with Gasteiger partial charge in [0.05, 0.1) is 4.90 Å². The number of piperazine rings is 1. The Kier molecular flexibility index (Phi) is 4.27. The Morgan fingerprint density at radius 2 is 1.71 bits per heavy atom. The van der Waals surface area contributed by atoms with Crippen LogP contribution >= 0.6 is 0 Å². The van der Waals surface area contributed by atoms with Crippen molar-refractivity contribution in [2.45, 2.75) is 42.3 Å². The fourth-order valence-corrected chi connectivity index (χ4v) is 5.73. The highest BCUT2D eigenvalue weighted by Crippen LogP contribution is 2.43. The van der Waals surface area contributed by atoms with Crippen LogP contribution in [0.5, 0.6) is 11.5 Å². The summed E-state index contributed by atoms with van der Waals surface area (Å²) in [6, 6.07) is 14.9. The molecule has 0 amide bonds. The molecule has 2 aromatic carbocycles. The third kappa shape index (κ3) is 3.04. The van der Waals surface area contributed by atoms with Gasteiger partial charge >= 0.3 is 0 Å². The normalized spacial score (nSPS) is 27.6. The van der Waals surface area contributed by atoms with E-state index in [9.17, 15) is 8.42 Å². The molecule has 3 aliphatic rings. The summed E-state index contributed by atoms with van der Waals surface area (Å²) in [6.45, 7) is 2.10. The van der Waals surface area contributed by atoms with Crippen molar-refractivity contribution >= 4 is 9.84 Å². The molecule has 3 atom stereocenters. The van der Waals surface area contributed by atoms with Gasteiger partial charge in [-0.1, -0.05) is 18.2 Å². The predicted octanol–water partition coefficient (Wildman–Crippen LogP) is 3.26. The zero-order valence-electron chi connectivity index (χ0n) is 16.3. The summed E-state index contributed by atoms with van der Waals surface area (Å²) in [7, 11) is -1.00. The van der Waals surface area contributed by atoms with Crippen LogP contribution < -0.4 is 4.74 Å². The molecule has 2 aromatic rings. The molecule has 0 aromatic heterocycles. The molecule has 0 aliphatic carbocycles. The summed E-state index contributed by atoms with van der Waals surface area (Å²) >= 11 is 0. The highest BCUT2D eigenvalue weighted by molar-refractivity contribution is 7.90. The Morgan fingerprint density at radius 1 is 1.00 bits per heavy atom. The maximum Gasteiger partial charge on any atom is 0.175 e. The van der Waals surface area contributed by atoms with Crippen LogP contribution in [0, 0.1) is 0 Å². The molecule has 28 heavy (non-hydrogen) atoms. The molecule has 0 saturated carbocycles. The van der Waals surface area contributed by atoms with Gasteiger partial charge in [0.2, 0.25) is 0 Å². The first kappa shape index (κ1) is 18.2. The Morgan fingerprint density at radius 3 is 2.43 bits per heavy atom. The lowest BCUT2D eigenvalue weighted by atomic mass is 9.96. The number of sulfone groups is 1. The highest BCUT2D eigenvalue weighted by atomic mass is 32.2. The maximum atomic E-state index is 12.1. The van der Waals surface area contributed by atoms with E-state index in [1.54, 1.807) is 18.2 Å². The third-order valence-corrected chi connectivity index (χ3v) is 7.80. The second kappa shape index (κ2) is 6.58. The van der Waals surface area contributed by atoms with Gasteiger partial charge in [-0.2, -0.15) is 0 Å². The summed E-state index contributed by atoms with van der Waals surface area (Å²) in [4.78, 5) is 5.48. The molecule has 5 nitrogen and oxygen atoms in total. The SMILES string of the molecule is CN1C2CCC1CN(C1Cc3cc(S(C)(=O)=O)ccc3Oc3ccccc31)C2. The van der Waals surface area contributed by atoms with E-state index in [1.165, 1.54) is 24.7 Å². The number of rotatable bonds is 2. The lowest BCUT2D eigenvalue weighted by Crippen LogP contribution is -2.53. The van der Waals surface area contributed by atoms with Crippen LogP contribution in [-0.2, 0) is 16.3 Å². The van der Waals surface area contributed by atoms with Crippen LogP contribution in [0.4, 0.5) is 0 Å². The Bertz CT molecular complexity index is 1010. The quantitative estimate of drug-likeness (QED) is 0.777. The van der Waals surface area contributed by atoms with Crippen molar-refractivity contribution in [3.8, 4) is 11.5 Å².